The maximum atomic E-state index is 11.9. The maximum absolute atomic E-state index is 11.9. The Morgan fingerprint density at radius 3 is 2.89 bits per heavy atom. The van der Waals surface area contributed by atoms with E-state index in [1.807, 2.05) is 0 Å². The molecular weight excluding hydrogens is 240 g/mol. The minimum Gasteiger partial charge on any atom is -0.384 e. The lowest BCUT2D eigenvalue weighted by Crippen LogP contribution is -2.33. The van der Waals surface area contributed by atoms with Gasteiger partial charge in [0.1, 0.15) is 11.5 Å². The summed E-state index contributed by atoms with van der Waals surface area (Å²) >= 11 is 0. The summed E-state index contributed by atoms with van der Waals surface area (Å²) in [6, 6.07) is 5.10. The van der Waals surface area contributed by atoms with Gasteiger partial charge in [0.25, 0.3) is 5.91 Å². The third-order valence-electron chi connectivity index (χ3n) is 3.68. The van der Waals surface area contributed by atoms with E-state index in [2.05, 4.69) is 22.2 Å². The summed E-state index contributed by atoms with van der Waals surface area (Å²) < 4.78 is 0. The monoisotopic (exact) mass is 262 g/mol. The molecule has 19 heavy (non-hydrogen) atoms. The highest BCUT2D eigenvalue weighted by molar-refractivity contribution is 5.92. The molecule has 1 aliphatic heterocycles. The van der Waals surface area contributed by atoms with Gasteiger partial charge in [0, 0.05) is 6.54 Å². The minimum absolute atomic E-state index is 0.139. The molecule has 0 unspecified atom stereocenters. The Morgan fingerprint density at radius 2 is 2.21 bits per heavy atom. The fraction of sp³-hybridized carbons (Fsp3) is 0.571. The molecule has 0 aliphatic carbocycles. The zero-order valence-electron chi connectivity index (χ0n) is 11.4. The third kappa shape index (κ3) is 4.21. The Hall–Kier alpha value is -1.62. The maximum Gasteiger partial charge on any atom is 0.269 e. The predicted molar refractivity (Wildman–Crippen MR) is 75.8 cm³/mol. The Morgan fingerprint density at radius 1 is 1.47 bits per heavy atom. The van der Waals surface area contributed by atoms with Crippen LogP contribution in [-0.4, -0.2) is 42.5 Å². The molecule has 1 aliphatic rings. The van der Waals surface area contributed by atoms with E-state index in [9.17, 15) is 4.79 Å². The molecule has 0 atom stereocenters. The average molecular weight is 262 g/mol. The summed E-state index contributed by atoms with van der Waals surface area (Å²) in [4.78, 5) is 18.2. The average Bonchev–Trinajstić information content (AvgIpc) is 2.41. The van der Waals surface area contributed by atoms with Gasteiger partial charge in [-0.2, -0.15) is 0 Å². The van der Waals surface area contributed by atoms with Crippen molar-refractivity contribution < 1.29 is 4.79 Å². The molecule has 1 saturated heterocycles. The molecule has 0 saturated carbocycles. The van der Waals surface area contributed by atoms with Gasteiger partial charge in [-0.15, -0.1) is 0 Å². The van der Waals surface area contributed by atoms with E-state index in [4.69, 9.17) is 5.73 Å². The molecule has 3 N–H and O–H groups in total. The molecule has 0 radical (unpaired) electrons. The van der Waals surface area contributed by atoms with Gasteiger partial charge in [0.05, 0.1) is 0 Å². The van der Waals surface area contributed by atoms with Crippen molar-refractivity contribution in [3.05, 3.63) is 23.9 Å². The molecule has 1 aromatic heterocycles. The number of nitrogen functional groups attached to an aromatic ring is 1. The Labute approximate surface area is 114 Å². The van der Waals surface area contributed by atoms with Crippen molar-refractivity contribution in [3.8, 4) is 0 Å². The van der Waals surface area contributed by atoms with Gasteiger partial charge in [-0.3, -0.25) is 4.79 Å². The first kappa shape index (κ1) is 13.8. The summed E-state index contributed by atoms with van der Waals surface area (Å²) in [5.41, 5.74) is 5.95. The van der Waals surface area contributed by atoms with Crippen molar-refractivity contribution in [1.29, 1.82) is 0 Å². The number of likely N-dealkylation sites (tertiary alicyclic amines) is 1. The second kappa shape index (κ2) is 6.52. The van der Waals surface area contributed by atoms with Gasteiger partial charge < -0.3 is 16.0 Å². The van der Waals surface area contributed by atoms with Gasteiger partial charge in [0.2, 0.25) is 0 Å². The number of pyridine rings is 1. The molecule has 2 rings (SSSR count). The normalized spacial score (nSPS) is 17.3. The summed E-state index contributed by atoms with van der Waals surface area (Å²) in [7, 11) is 2.16. The standard InChI is InChI=1S/C14H22N4O/c1-18-9-6-11(7-10-18)5-8-16-14(19)12-3-2-4-13(15)17-12/h2-4,11H,5-10H2,1H3,(H2,15,17)(H,16,19). The van der Waals surface area contributed by atoms with Crippen LogP contribution in [0.4, 0.5) is 5.82 Å². The van der Waals surface area contributed by atoms with Gasteiger partial charge in [0.15, 0.2) is 0 Å². The zero-order valence-corrected chi connectivity index (χ0v) is 11.4. The quantitative estimate of drug-likeness (QED) is 0.853. The number of aromatic nitrogens is 1. The number of piperidine rings is 1. The van der Waals surface area contributed by atoms with Crippen LogP contribution in [0.5, 0.6) is 0 Å². The third-order valence-corrected chi connectivity index (χ3v) is 3.68. The zero-order chi connectivity index (χ0) is 13.7. The number of anilines is 1. The van der Waals surface area contributed by atoms with Crippen LogP contribution in [0.15, 0.2) is 18.2 Å². The van der Waals surface area contributed by atoms with E-state index in [0.29, 0.717) is 18.1 Å². The number of nitrogens with two attached hydrogens (primary N) is 1. The van der Waals surface area contributed by atoms with E-state index < -0.39 is 0 Å². The lowest BCUT2D eigenvalue weighted by molar-refractivity contribution is 0.0944. The van der Waals surface area contributed by atoms with Crippen LogP contribution in [0.1, 0.15) is 29.8 Å². The first-order chi connectivity index (χ1) is 9.15. The second-order valence-electron chi connectivity index (χ2n) is 5.24. The van der Waals surface area contributed by atoms with Crippen molar-refractivity contribution in [2.24, 2.45) is 5.92 Å². The summed E-state index contributed by atoms with van der Waals surface area (Å²) in [6.45, 7) is 3.04. The number of hydrogen-bond donors (Lipinski definition) is 2. The second-order valence-corrected chi connectivity index (χ2v) is 5.24. The topological polar surface area (TPSA) is 71.2 Å². The Kier molecular flexibility index (Phi) is 4.74. The molecule has 2 heterocycles. The summed E-state index contributed by atoms with van der Waals surface area (Å²) in [5, 5.41) is 2.91. The SMILES string of the molecule is CN1CCC(CCNC(=O)c2cccc(N)n2)CC1. The van der Waals surface area contributed by atoms with Crippen molar-refractivity contribution in [2.75, 3.05) is 32.4 Å². The van der Waals surface area contributed by atoms with Crippen LogP contribution < -0.4 is 11.1 Å². The molecule has 1 fully saturated rings. The number of rotatable bonds is 4. The first-order valence-electron chi connectivity index (χ1n) is 6.84. The van der Waals surface area contributed by atoms with E-state index in [1.54, 1.807) is 18.2 Å². The van der Waals surface area contributed by atoms with E-state index in [-0.39, 0.29) is 5.91 Å². The predicted octanol–water partition coefficient (Wildman–Crippen LogP) is 1.13. The summed E-state index contributed by atoms with van der Waals surface area (Å²) in [5.74, 6) is 0.966. The molecule has 1 aromatic rings. The van der Waals surface area contributed by atoms with Crippen molar-refractivity contribution >= 4 is 11.7 Å². The van der Waals surface area contributed by atoms with Gasteiger partial charge in [-0.1, -0.05) is 6.07 Å². The van der Waals surface area contributed by atoms with Gasteiger partial charge >= 0.3 is 0 Å². The van der Waals surface area contributed by atoms with Gasteiger partial charge in [-0.25, -0.2) is 4.98 Å². The fourth-order valence-electron chi connectivity index (χ4n) is 2.41. The van der Waals surface area contributed by atoms with Crippen LogP contribution in [0.25, 0.3) is 0 Å². The molecule has 0 spiro atoms. The van der Waals surface area contributed by atoms with E-state index >= 15 is 0 Å². The molecule has 0 aromatic carbocycles. The largest absolute Gasteiger partial charge is 0.384 e. The van der Waals surface area contributed by atoms with Crippen molar-refractivity contribution in [1.82, 2.24) is 15.2 Å². The molecule has 104 valence electrons. The minimum atomic E-state index is -0.139. The van der Waals surface area contributed by atoms with E-state index in [0.717, 1.165) is 25.4 Å². The lowest BCUT2D eigenvalue weighted by atomic mass is 9.94. The van der Waals surface area contributed by atoms with Crippen LogP contribution in [0, 0.1) is 5.92 Å². The van der Waals surface area contributed by atoms with Crippen LogP contribution in [0.3, 0.4) is 0 Å². The van der Waals surface area contributed by atoms with Gasteiger partial charge in [-0.05, 0) is 57.5 Å². The number of carbonyl (C=O) groups excluding carboxylic acids is 1. The van der Waals surface area contributed by atoms with Crippen molar-refractivity contribution in [2.45, 2.75) is 19.3 Å². The fourth-order valence-corrected chi connectivity index (χ4v) is 2.41. The lowest BCUT2D eigenvalue weighted by Gasteiger charge is -2.28. The molecule has 0 bridgehead atoms. The molecule has 5 heteroatoms. The van der Waals surface area contributed by atoms with Crippen LogP contribution in [0.2, 0.25) is 0 Å². The highest BCUT2D eigenvalue weighted by atomic mass is 16.1. The first-order valence-corrected chi connectivity index (χ1v) is 6.84. The molecule has 5 nitrogen and oxygen atoms in total. The smallest absolute Gasteiger partial charge is 0.269 e. The molecule has 1 amide bonds. The highest BCUT2D eigenvalue weighted by Gasteiger charge is 2.16. The van der Waals surface area contributed by atoms with Crippen LogP contribution >= 0.6 is 0 Å². The van der Waals surface area contributed by atoms with Crippen LogP contribution in [-0.2, 0) is 0 Å². The number of nitrogens with zero attached hydrogens (tertiary/aromatic N) is 2. The number of carbonyl (C=O) groups is 1. The number of amides is 1. The summed E-state index contributed by atoms with van der Waals surface area (Å²) in [6.07, 6.45) is 3.49. The number of nitrogens with one attached hydrogen (secondary N) is 1. The number of hydrogen-bond acceptors (Lipinski definition) is 4. The van der Waals surface area contributed by atoms with E-state index in [1.165, 1.54) is 12.8 Å². The van der Waals surface area contributed by atoms with Crippen molar-refractivity contribution in [3.63, 3.8) is 0 Å². The molecular formula is C14H22N4O. The Bertz CT molecular complexity index is 427. The Balaban J connectivity index is 1.72. The highest BCUT2D eigenvalue weighted by Crippen LogP contribution is 2.18.